The third-order valence-electron chi connectivity index (χ3n) is 2.89. The van der Waals surface area contributed by atoms with E-state index >= 15 is 0 Å². The quantitative estimate of drug-likeness (QED) is 0.713. The molecule has 3 heteroatoms. The molecule has 3 nitrogen and oxygen atoms in total. The van der Waals surface area contributed by atoms with Gasteiger partial charge in [0.05, 0.1) is 18.3 Å². The maximum absolute atomic E-state index is 8.83. The van der Waals surface area contributed by atoms with Crippen LogP contribution in [0, 0.1) is 18.3 Å². The Kier molecular flexibility index (Phi) is 3.00. The van der Waals surface area contributed by atoms with Gasteiger partial charge in [-0.15, -0.1) is 0 Å². The Labute approximate surface area is 96.2 Å². The van der Waals surface area contributed by atoms with Gasteiger partial charge in [0.15, 0.2) is 0 Å². The highest BCUT2D eigenvalue weighted by Gasteiger charge is 2.24. The Morgan fingerprint density at radius 1 is 1.56 bits per heavy atom. The number of hydrogen-bond acceptors (Lipinski definition) is 3. The fourth-order valence-corrected chi connectivity index (χ4v) is 1.99. The topological polar surface area (TPSA) is 36.3 Å². The number of ether oxygens (including phenoxy) is 1. The number of hydrogen-bond donors (Lipinski definition) is 0. The van der Waals surface area contributed by atoms with Crippen molar-refractivity contribution in [3.63, 3.8) is 0 Å². The first-order chi connectivity index (χ1) is 7.74. The van der Waals surface area contributed by atoms with Crippen LogP contribution in [0.5, 0.6) is 5.75 Å². The van der Waals surface area contributed by atoms with Gasteiger partial charge < -0.3 is 9.64 Å². The number of aryl methyl sites for hydroxylation is 1. The predicted molar refractivity (Wildman–Crippen MR) is 63.7 cm³/mol. The number of anilines is 1. The van der Waals surface area contributed by atoms with E-state index in [1.54, 1.807) is 0 Å². The van der Waals surface area contributed by atoms with Crippen LogP contribution in [-0.4, -0.2) is 19.2 Å². The Bertz CT molecular complexity index is 422. The smallest absolute Gasteiger partial charge is 0.143 e. The second-order valence-corrected chi connectivity index (χ2v) is 4.16. The molecular formula is C13H16N2O. The van der Waals surface area contributed by atoms with Crippen LogP contribution in [0.3, 0.4) is 0 Å². The lowest BCUT2D eigenvalue weighted by molar-refractivity contribution is 0.190. The molecule has 84 valence electrons. The summed E-state index contributed by atoms with van der Waals surface area (Å²) >= 11 is 0. The van der Waals surface area contributed by atoms with Crippen molar-refractivity contribution in [2.75, 3.05) is 18.0 Å². The summed E-state index contributed by atoms with van der Waals surface area (Å²) in [6.07, 6.45) is 1.16. The normalized spacial score (nSPS) is 18.6. The summed E-state index contributed by atoms with van der Waals surface area (Å²) in [6, 6.07) is 8.34. The Morgan fingerprint density at radius 2 is 2.38 bits per heavy atom. The van der Waals surface area contributed by atoms with Crippen LogP contribution in [0.1, 0.15) is 18.9 Å². The molecule has 0 saturated carbocycles. The van der Waals surface area contributed by atoms with E-state index in [-0.39, 0.29) is 6.10 Å². The van der Waals surface area contributed by atoms with Crippen molar-refractivity contribution in [1.29, 1.82) is 5.26 Å². The zero-order chi connectivity index (χ0) is 11.5. The minimum Gasteiger partial charge on any atom is -0.486 e. The highest BCUT2D eigenvalue weighted by Crippen LogP contribution is 2.34. The zero-order valence-electron chi connectivity index (χ0n) is 9.73. The lowest BCUT2D eigenvalue weighted by Crippen LogP contribution is -2.39. The monoisotopic (exact) mass is 216 g/mol. The summed E-state index contributed by atoms with van der Waals surface area (Å²) in [4.78, 5) is 2.09. The van der Waals surface area contributed by atoms with Crippen molar-refractivity contribution in [3.05, 3.63) is 23.8 Å². The molecule has 0 spiro atoms. The summed E-state index contributed by atoms with van der Waals surface area (Å²) in [5.41, 5.74) is 2.23. The summed E-state index contributed by atoms with van der Waals surface area (Å²) in [6.45, 7) is 5.39. The van der Waals surface area contributed by atoms with Crippen LogP contribution < -0.4 is 9.64 Å². The Morgan fingerprint density at radius 3 is 3.06 bits per heavy atom. The molecule has 1 atom stereocenters. The molecule has 0 aromatic heterocycles. The van der Waals surface area contributed by atoms with Crippen LogP contribution in [-0.2, 0) is 0 Å². The van der Waals surface area contributed by atoms with Gasteiger partial charge in [-0.25, -0.2) is 0 Å². The largest absolute Gasteiger partial charge is 0.486 e. The van der Waals surface area contributed by atoms with Gasteiger partial charge >= 0.3 is 0 Å². The lowest BCUT2D eigenvalue weighted by atomic mass is 10.1. The highest BCUT2D eigenvalue weighted by atomic mass is 16.5. The average molecular weight is 216 g/mol. The first kappa shape index (κ1) is 10.8. The van der Waals surface area contributed by atoms with Crippen LogP contribution in [0.4, 0.5) is 5.69 Å². The molecule has 16 heavy (non-hydrogen) atoms. The van der Waals surface area contributed by atoms with Crippen molar-refractivity contribution >= 4 is 5.69 Å². The fourth-order valence-electron chi connectivity index (χ4n) is 1.99. The van der Waals surface area contributed by atoms with Crippen LogP contribution in [0.15, 0.2) is 18.2 Å². The van der Waals surface area contributed by atoms with E-state index in [1.165, 1.54) is 5.56 Å². The lowest BCUT2D eigenvalue weighted by Gasteiger charge is -2.34. The molecular weight excluding hydrogens is 200 g/mol. The molecule has 1 heterocycles. The molecule has 0 aliphatic carbocycles. The molecule has 0 fully saturated rings. The molecule has 1 aliphatic heterocycles. The van der Waals surface area contributed by atoms with E-state index in [9.17, 15) is 0 Å². The summed E-state index contributed by atoms with van der Waals surface area (Å²) in [7, 11) is 0. The second-order valence-electron chi connectivity index (χ2n) is 4.16. The molecule has 1 unspecified atom stereocenters. The number of benzene rings is 1. The number of fused-ring (bicyclic) bond motifs is 1. The van der Waals surface area contributed by atoms with Gasteiger partial charge in [-0.1, -0.05) is 13.0 Å². The Hall–Kier alpha value is -1.69. The van der Waals surface area contributed by atoms with Gasteiger partial charge in [0.2, 0.25) is 0 Å². The maximum atomic E-state index is 8.83. The summed E-state index contributed by atoms with van der Waals surface area (Å²) < 4.78 is 5.89. The van der Waals surface area contributed by atoms with E-state index < -0.39 is 0 Å². The summed E-state index contributed by atoms with van der Waals surface area (Å²) in [5, 5.41) is 8.83. The fraction of sp³-hybridized carbons (Fsp3) is 0.462. The van der Waals surface area contributed by atoms with Crippen molar-refractivity contribution < 1.29 is 4.74 Å². The molecule has 1 aliphatic rings. The molecule has 2 rings (SSSR count). The van der Waals surface area contributed by atoms with Gasteiger partial charge in [-0.05, 0) is 31.0 Å². The minimum atomic E-state index is 0.197. The SMILES string of the molecule is CCC1CN(CC#N)c2ccc(C)cc2O1. The summed E-state index contributed by atoms with van der Waals surface area (Å²) in [5.74, 6) is 0.911. The van der Waals surface area contributed by atoms with Crippen LogP contribution in [0.2, 0.25) is 0 Å². The molecule has 1 aromatic rings. The number of nitriles is 1. The van der Waals surface area contributed by atoms with E-state index in [1.807, 2.05) is 19.1 Å². The first-order valence-electron chi connectivity index (χ1n) is 5.63. The van der Waals surface area contributed by atoms with E-state index in [4.69, 9.17) is 10.00 Å². The van der Waals surface area contributed by atoms with Gasteiger partial charge in [0.1, 0.15) is 18.4 Å². The molecule has 0 N–H and O–H groups in total. The van der Waals surface area contributed by atoms with Crippen molar-refractivity contribution in [2.45, 2.75) is 26.4 Å². The average Bonchev–Trinajstić information content (AvgIpc) is 2.28. The van der Waals surface area contributed by atoms with Crippen molar-refractivity contribution in [1.82, 2.24) is 0 Å². The molecule has 0 bridgehead atoms. The Balaban J connectivity index is 2.35. The van der Waals surface area contributed by atoms with Crippen LogP contribution in [0.25, 0.3) is 0 Å². The zero-order valence-corrected chi connectivity index (χ0v) is 9.73. The standard InChI is InChI=1S/C13H16N2O/c1-3-11-9-15(7-6-14)12-5-4-10(2)8-13(12)16-11/h4-5,8,11H,3,7,9H2,1-2H3. The molecule has 0 radical (unpaired) electrons. The maximum Gasteiger partial charge on any atom is 0.143 e. The number of nitrogens with zero attached hydrogens (tertiary/aromatic N) is 2. The highest BCUT2D eigenvalue weighted by molar-refractivity contribution is 5.61. The van der Waals surface area contributed by atoms with Gasteiger partial charge in [0, 0.05) is 0 Å². The molecule has 0 saturated heterocycles. The van der Waals surface area contributed by atoms with E-state index in [0.29, 0.717) is 6.54 Å². The minimum absolute atomic E-state index is 0.197. The second kappa shape index (κ2) is 4.44. The van der Waals surface area contributed by atoms with Gasteiger partial charge in [-0.2, -0.15) is 5.26 Å². The van der Waals surface area contributed by atoms with Gasteiger partial charge in [0.25, 0.3) is 0 Å². The molecule has 1 aromatic carbocycles. The van der Waals surface area contributed by atoms with Crippen LogP contribution >= 0.6 is 0 Å². The third-order valence-corrected chi connectivity index (χ3v) is 2.89. The predicted octanol–water partition coefficient (Wildman–Crippen LogP) is 2.50. The van der Waals surface area contributed by atoms with Crippen molar-refractivity contribution in [2.24, 2.45) is 0 Å². The van der Waals surface area contributed by atoms with E-state index in [0.717, 1.165) is 24.4 Å². The first-order valence-corrected chi connectivity index (χ1v) is 5.63. The third kappa shape index (κ3) is 1.96. The number of rotatable bonds is 2. The van der Waals surface area contributed by atoms with E-state index in [2.05, 4.69) is 24.0 Å². The van der Waals surface area contributed by atoms with Crippen molar-refractivity contribution in [3.8, 4) is 11.8 Å². The molecule has 0 amide bonds. The van der Waals surface area contributed by atoms with Gasteiger partial charge in [-0.3, -0.25) is 0 Å².